The average Bonchev–Trinajstić information content (AvgIpc) is 2.87. The van der Waals surface area contributed by atoms with E-state index in [9.17, 15) is 14.4 Å². The number of hydrogen-bond donors (Lipinski definition) is 3. The highest BCUT2D eigenvalue weighted by molar-refractivity contribution is 9.10. The summed E-state index contributed by atoms with van der Waals surface area (Å²) in [6.45, 7) is 1.88. The van der Waals surface area contributed by atoms with Crippen LogP contribution in [0.1, 0.15) is 16.7 Å². The zero-order chi connectivity index (χ0) is 25.9. The Morgan fingerprint density at radius 3 is 2.50 bits per heavy atom. The number of hydrogen-bond acceptors (Lipinski definition) is 6. The Labute approximate surface area is 217 Å². The van der Waals surface area contributed by atoms with Gasteiger partial charge >= 0.3 is 11.8 Å². The molecule has 0 saturated heterocycles. The molecule has 10 heteroatoms. The van der Waals surface area contributed by atoms with Crippen molar-refractivity contribution < 1.29 is 23.9 Å². The van der Waals surface area contributed by atoms with Crippen LogP contribution in [0, 0.1) is 6.92 Å². The van der Waals surface area contributed by atoms with Crippen molar-refractivity contribution in [2.75, 3.05) is 19.0 Å². The van der Waals surface area contributed by atoms with Crippen molar-refractivity contribution in [3.05, 3.63) is 87.9 Å². The van der Waals surface area contributed by atoms with E-state index in [1.54, 1.807) is 55.6 Å². The molecule has 0 aromatic heterocycles. The van der Waals surface area contributed by atoms with Crippen LogP contribution in [0.5, 0.6) is 11.5 Å². The second-order valence-electron chi connectivity index (χ2n) is 7.62. The number of nitrogens with zero attached hydrogens (tertiary/aromatic N) is 1. The Hall–Kier alpha value is -4.18. The molecule has 0 aliphatic heterocycles. The third kappa shape index (κ3) is 8.24. The first-order chi connectivity index (χ1) is 17.3. The summed E-state index contributed by atoms with van der Waals surface area (Å²) in [7, 11) is 1.56. The molecule has 3 amide bonds. The number of halogens is 1. The number of carbonyl (C=O) groups excluding carboxylic acids is 3. The molecule has 9 nitrogen and oxygen atoms in total. The monoisotopic (exact) mass is 552 g/mol. The topological polar surface area (TPSA) is 118 Å². The van der Waals surface area contributed by atoms with Crippen molar-refractivity contribution >= 4 is 45.6 Å². The molecule has 0 heterocycles. The molecule has 3 rings (SSSR count). The van der Waals surface area contributed by atoms with E-state index in [0.29, 0.717) is 22.7 Å². The van der Waals surface area contributed by atoms with Crippen molar-refractivity contribution in [2.45, 2.75) is 13.5 Å². The molecule has 0 bridgehead atoms. The zero-order valence-corrected chi connectivity index (χ0v) is 21.3. The maximum atomic E-state index is 12.3. The molecule has 0 fully saturated rings. The number of ether oxygens (including phenoxy) is 2. The fraction of sp³-hybridized carbons (Fsp3) is 0.154. The van der Waals surface area contributed by atoms with Crippen LogP contribution >= 0.6 is 15.9 Å². The molecule has 0 atom stereocenters. The van der Waals surface area contributed by atoms with Crippen molar-refractivity contribution in [1.82, 2.24) is 10.7 Å². The highest BCUT2D eigenvalue weighted by Gasteiger charge is 2.12. The number of amides is 3. The first kappa shape index (κ1) is 26.4. The summed E-state index contributed by atoms with van der Waals surface area (Å²) in [6, 6.07) is 19.6. The summed E-state index contributed by atoms with van der Waals surface area (Å²) in [5.74, 6) is -1.01. The van der Waals surface area contributed by atoms with Gasteiger partial charge in [0, 0.05) is 22.3 Å². The number of hydrazone groups is 1. The molecular weight excluding hydrogens is 528 g/mol. The number of nitrogens with one attached hydrogen (secondary N) is 3. The SMILES string of the molecule is COc1ccc(CNC(=O)C(=O)N/N=C\c2cc(Br)ccc2OCC(=O)Nc2cccc(C)c2)cc1. The van der Waals surface area contributed by atoms with E-state index in [1.165, 1.54) is 6.21 Å². The lowest BCUT2D eigenvalue weighted by Crippen LogP contribution is -2.37. The lowest BCUT2D eigenvalue weighted by atomic mass is 10.2. The van der Waals surface area contributed by atoms with Gasteiger partial charge in [-0.1, -0.05) is 40.2 Å². The van der Waals surface area contributed by atoms with Crippen LogP contribution in [0.2, 0.25) is 0 Å². The Morgan fingerprint density at radius 2 is 1.78 bits per heavy atom. The molecule has 3 aromatic rings. The smallest absolute Gasteiger partial charge is 0.329 e. The highest BCUT2D eigenvalue weighted by Crippen LogP contribution is 2.22. The van der Waals surface area contributed by atoms with E-state index in [1.807, 2.05) is 25.1 Å². The summed E-state index contributed by atoms with van der Waals surface area (Å²) < 4.78 is 11.5. The minimum Gasteiger partial charge on any atom is -0.497 e. The van der Waals surface area contributed by atoms with Crippen molar-refractivity contribution in [3.8, 4) is 11.5 Å². The number of anilines is 1. The quantitative estimate of drug-likeness (QED) is 0.213. The fourth-order valence-corrected chi connectivity index (χ4v) is 3.41. The van der Waals surface area contributed by atoms with Crippen LogP contribution in [0.4, 0.5) is 5.69 Å². The van der Waals surface area contributed by atoms with Gasteiger partial charge in [0.25, 0.3) is 5.91 Å². The summed E-state index contributed by atoms with van der Waals surface area (Å²) >= 11 is 3.37. The second-order valence-corrected chi connectivity index (χ2v) is 8.53. The van der Waals surface area contributed by atoms with Gasteiger partial charge in [-0.3, -0.25) is 14.4 Å². The van der Waals surface area contributed by atoms with Crippen LogP contribution in [-0.2, 0) is 20.9 Å². The number of benzene rings is 3. The van der Waals surface area contributed by atoms with Gasteiger partial charge in [0.2, 0.25) is 0 Å². The van der Waals surface area contributed by atoms with E-state index in [4.69, 9.17) is 9.47 Å². The van der Waals surface area contributed by atoms with Crippen LogP contribution in [0.15, 0.2) is 76.3 Å². The molecule has 3 aromatic carbocycles. The molecule has 0 aliphatic carbocycles. The maximum Gasteiger partial charge on any atom is 0.329 e. The molecular formula is C26H25BrN4O5. The summed E-state index contributed by atoms with van der Waals surface area (Å²) in [4.78, 5) is 36.4. The van der Waals surface area contributed by atoms with E-state index >= 15 is 0 Å². The summed E-state index contributed by atoms with van der Waals surface area (Å²) in [5.41, 5.74) is 5.18. The predicted molar refractivity (Wildman–Crippen MR) is 140 cm³/mol. The lowest BCUT2D eigenvalue weighted by Gasteiger charge is -2.10. The lowest BCUT2D eigenvalue weighted by molar-refractivity contribution is -0.139. The summed E-state index contributed by atoms with van der Waals surface area (Å²) in [5, 5.41) is 9.13. The molecule has 0 spiro atoms. The second kappa shape index (κ2) is 13.1. The largest absolute Gasteiger partial charge is 0.497 e. The number of rotatable bonds is 9. The van der Waals surface area contributed by atoms with Gasteiger partial charge in [-0.05, 0) is 60.5 Å². The zero-order valence-electron chi connectivity index (χ0n) is 19.7. The fourth-order valence-electron chi connectivity index (χ4n) is 3.03. The minimum atomic E-state index is -0.922. The number of methoxy groups -OCH3 is 1. The van der Waals surface area contributed by atoms with Crippen LogP contribution in [0.25, 0.3) is 0 Å². The Bertz CT molecular complexity index is 1260. The van der Waals surface area contributed by atoms with Gasteiger partial charge < -0.3 is 20.1 Å². The Balaban J connectivity index is 1.52. The standard InChI is InChI=1S/C26H25BrN4O5/c1-17-4-3-5-21(12-17)30-24(32)16-36-23-11-8-20(27)13-19(23)15-29-31-26(34)25(33)28-14-18-6-9-22(35-2)10-7-18/h3-13,15H,14,16H2,1-2H3,(H,28,33)(H,30,32)(H,31,34)/b29-15-. The molecule has 0 aliphatic rings. The maximum absolute atomic E-state index is 12.3. The van der Waals surface area contributed by atoms with Crippen LogP contribution in [0.3, 0.4) is 0 Å². The average molecular weight is 553 g/mol. The van der Waals surface area contributed by atoms with Crippen molar-refractivity contribution in [1.29, 1.82) is 0 Å². The van der Waals surface area contributed by atoms with Gasteiger partial charge in [0.1, 0.15) is 11.5 Å². The summed E-state index contributed by atoms with van der Waals surface area (Å²) in [6.07, 6.45) is 1.33. The van der Waals surface area contributed by atoms with Gasteiger partial charge in [-0.25, -0.2) is 5.43 Å². The molecule has 36 heavy (non-hydrogen) atoms. The van der Waals surface area contributed by atoms with Gasteiger partial charge in [0.05, 0.1) is 13.3 Å². The van der Waals surface area contributed by atoms with Crippen molar-refractivity contribution in [3.63, 3.8) is 0 Å². The molecule has 0 saturated carbocycles. The normalized spacial score (nSPS) is 10.5. The minimum absolute atomic E-state index is 0.175. The van der Waals surface area contributed by atoms with E-state index in [-0.39, 0.29) is 19.1 Å². The third-order valence-electron chi connectivity index (χ3n) is 4.82. The number of aryl methyl sites for hydroxylation is 1. The highest BCUT2D eigenvalue weighted by atomic mass is 79.9. The van der Waals surface area contributed by atoms with Gasteiger partial charge in [-0.15, -0.1) is 0 Å². The Kier molecular flexibility index (Phi) is 9.58. The van der Waals surface area contributed by atoms with Crippen molar-refractivity contribution in [2.24, 2.45) is 5.10 Å². The van der Waals surface area contributed by atoms with Crippen LogP contribution < -0.4 is 25.5 Å². The van der Waals surface area contributed by atoms with E-state index < -0.39 is 11.8 Å². The predicted octanol–water partition coefficient (Wildman–Crippen LogP) is 3.55. The molecule has 3 N–H and O–H groups in total. The first-order valence-corrected chi connectivity index (χ1v) is 11.7. The van der Waals surface area contributed by atoms with E-state index in [2.05, 4.69) is 37.1 Å². The molecule has 0 radical (unpaired) electrons. The molecule has 186 valence electrons. The van der Waals surface area contributed by atoms with Crippen LogP contribution in [-0.4, -0.2) is 37.7 Å². The van der Waals surface area contributed by atoms with Gasteiger partial charge in [0.15, 0.2) is 6.61 Å². The Morgan fingerprint density at radius 1 is 1.00 bits per heavy atom. The number of carbonyl (C=O) groups is 3. The third-order valence-corrected chi connectivity index (χ3v) is 5.31. The van der Waals surface area contributed by atoms with Gasteiger partial charge in [-0.2, -0.15) is 5.10 Å². The first-order valence-electron chi connectivity index (χ1n) is 10.9. The van der Waals surface area contributed by atoms with E-state index in [0.717, 1.165) is 15.6 Å². The molecule has 0 unspecified atom stereocenters.